The van der Waals surface area contributed by atoms with E-state index in [1.807, 2.05) is 56.3 Å². The largest absolute Gasteiger partial charge is 0.479 e. The summed E-state index contributed by atoms with van der Waals surface area (Å²) in [5.41, 5.74) is 2.27. The van der Waals surface area contributed by atoms with Crippen LogP contribution >= 0.6 is 0 Å². The van der Waals surface area contributed by atoms with Crippen LogP contribution in [0.4, 0.5) is 0 Å². The molecule has 0 saturated carbocycles. The van der Waals surface area contributed by atoms with Crippen molar-refractivity contribution in [1.29, 1.82) is 0 Å². The highest BCUT2D eigenvalue weighted by Gasteiger charge is 2.16. The SMILES string of the molecule is CC(C)COC(=O)C(C)Oc1ccc(-c2ccccc2)cc1. The van der Waals surface area contributed by atoms with Gasteiger partial charge < -0.3 is 9.47 Å². The summed E-state index contributed by atoms with van der Waals surface area (Å²) in [6.45, 7) is 6.12. The maximum absolute atomic E-state index is 11.8. The molecule has 116 valence electrons. The number of hydrogen-bond donors (Lipinski definition) is 0. The molecule has 0 spiro atoms. The fourth-order valence-corrected chi connectivity index (χ4v) is 1.97. The molecule has 2 rings (SSSR count). The van der Waals surface area contributed by atoms with Gasteiger partial charge >= 0.3 is 5.97 Å². The maximum Gasteiger partial charge on any atom is 0.347 e. The molecule has 3 nitrogen and oxygen atoms in total. The molecule has 0 heterocycles. The first kappa shape index (κ1) is 16.1. The van der Waals surface area contributed by atoms with Crippen LogP contribution in [0.1, 0.15) is 20.8 Å². The molecular formula is C19H22O3. The van der Waals surface area contributed by atoms with Gasteiger partial charge in [-0.3, -0.25) is 0 Å². The fourth-order valence-electron chi connectivity index (χ4n) is 1.97. The molecule has 2 aromatic carbocycles. The van der Waals surface area contributed by atoms with Gasteiger partial charge in [-0.2, -0.15) is 0 Å². The zero-order valence-corrected chi connectivity index (χ0v) is 13.3. The van der Waals surface area contributed by atoms with Crippen LogP contribution in [0.25, 0.3) is 11.1 Å². The molecule has 0 aliphatic heterocycles. The molecule has 1 unspecified atom stereocenters. The van der Waals surface area contributed by atoms with Crippen molar-refractivity contribution < 1.29 is 14.3 Å². The van der Waals surface area contributed by atoms with Gasteiger partial charge in [0.2, 0.25) is 0 Å². The first-order valence-corrected chi connectivity index (χ1v) is 7.55. The second kappa shape index (κ2) is 7.64. The van der Waals surface area contributed by atoms with E-state index < -0.39 is 6.10 Å². The van der Waals surface area contributed by atoms with Gasteiger partial charge in [-0.15, -0.1) is 0 Å². The van der Waals surface area contributed by atoms with Crippen LogP contribution in [0.2, 0.25) is 0 Å². The van der Waals surface area contributed by atoms with E-state index in [1.54, 1.807) is 6.92 Å². The van der Waals surface area contributed by atoms with Crippen LogP contribution in [0.5, 0.6) is 5.75 Å². The van der Waals surface area contributed by atoms with Crippen molar-refractivity contribution in [2.24, 2.45) is 5.92 Å². The van der Waals surface area contributed by atoms with E-state index in [-0.39, 0.29) is 5.97 Å². The quantitative estimate of drug-likeness (QED) is 0.745. The van der Waals surface area contributed by atoms with E-state index in [9.17, 15) is 4.79 Å². The summed E-state index contributed by atoms with van der Waals surface area (Å²) in [7, 11) is 0. The predicted octanol–water partition coefficient (Wildman–Crippen LogP) is 4.32. The van der Waals surface area contributed by atoms with E-state index in [1.165, 1.54) is 0 Å². The van der Waals surface area contributed by atoms with Crippen molar-refractivity contribution in [3.63, 3.8) is 0 Å². The number of ether oxygens (including phenoxy) is 2. The highest BCUT2D eigenvalue weighted by Crippen LogP contribution is 2.22. The third-order valence-corrected chi connectivity index (χ3v) is 3.17. The second-order valence-electron chi connectivity index (χ2n) is 5.67. The molecule has 0 fully saturated rings. The van der Waals surface area contributed by atoms with Crippen LogP contribution in [0, 0.1) is 5.92 Å². The van der Waals surface area contributed by atoms with Gasteiger partial charge in [0.1, 0.15) is 5.75 Å². The molecule has 2 aromatic rings. The number of esters is 1. The average molecular weight is 298 g/mol. The predicted molar refractivity (Wildman–Crippen MR) is 87.8 cm³/mol. The lowest BCUT2D eigenvalue weighted by Gasteiger charge is -2.15. The van der Waals surface area contributed by atoms with E-state index in [0.717, 1.165) is 11.1 Å². The maximum atomic E-state index is 11.8. The van der Waals surface area contributed by atoms with Crippen molar-refractivity contribution in [3.8, 4) is 16.9 Å². The van der Waals surface area contributed by atoms with E-state index in [2.05, 4.69) is 12.1 Å². The molecule has 0 bridgehead atoms. The number of carbonyl (C=O) groups excluding carboxylic acids is 1. The number of rotatable bonds is 6. The van der Waals surface area contributed by atoms with Gasteiger partial charge in [-0.05, 0) is 36.1 Å². The van der Waals surface area contributed by atoms with E-state index in [4.69, 9.17) is 9.47 Å². The molecule has 0 saturated heterocycles. The van der Waals surface area contributed by atoms with Crippen LogP contribution in [0.15, 0.2) is 54.6 Å². The first-order valence-electron chi connectivity index (χ1n) is 7.55. The Balaban J connectivity index is 1.95. The van der Waals surface area contributed by atoms with Gasteiger partial charge in [0, 0.05) is 0 Å². The zero-order valence-electron chi connectivity index (χ0n) is 13.3. The monoisotopic (exact) mass is 298 g/mol. The first-order chi connectivity index (χ1) is 10.6. The summed E-state index contributed by atoms with van der Waals surface area (Å²) in [6.07, 6.45) is -0.610. The van der Waals surface area contributed by atoms with Crippen LogP contribution in [-0.2, 0) is 9.53 Å². The Hall–Kier alpha value is -2.29. The molecule has 0 radical (unpaired) electrons. The number of hydrogen-bond acceptors (Lipinski definition) is 3. The third-order valence-electron chi connectivity index (χ3n) is 3.17. The van der Waals surface area contributed by atoms with Gasteiger partial charge in [-0.1, -0.05) is 56.3 Å². The Bertz CT molecular complexity index is 588. The molecule has 0 aromatic heterocycles. The van der Waals surface area contributed by atoms with Crippen molar-refractivity contribution >= 4 is 5.97 Å². The lowest BCUT2D eigenvalue weighted by Crippen LogP contribution is -2.27. The molecule has 0 N–H and O–H groups in total. The van der Waals surface area contributed by atoms with Gasteiger partial charge in [0.05, 0.1) is 6.61 Å². The summed E-state index contributed by atoms with van der Waals surface area (Å²) in [5.74, 6) is 0.649. The average Bonchev–Trinajstić information content (AvgIpc) is 2.54. The van der Waals surface area contributed by atoms with Crippen LogP contribution in [0.3, 0.4) is 0 Å². The Morgan fingerprint density at radius 3 is 2.09 bits per heavy atom. The van der Waals surface area contributed by atoms with Gasteiger partial charge in [0.15, 0.2) is 6.10 Å². The number of benzene rings is 2. The normalized spacial score (nSPS) is 12.0. The minimum atomic E-state index is -0.610. The molecule has 3 heteroatoms. The van der Waals surface area contributed by atoms with Crippen molar-refractivity contribution in [1.82, 2.24) is 0 Å². The highest BCUT2D eigenvalue weighted by molar-refractivity contribution is 5.74. The lowest BCUT2D eigenvalue weighted by atomic mass is 10.1. The summed E-state index contributed by atoms with van der Waals surface area (Å²) >= 11 is 0. The highest BCUT2D eigenvalue weighted by atomic mass is 16.6. The Labute approximate surface area is 131 Å². The smallest absolute Gasteiger partial charge is 0.347 e. The molecule has 0 amide bonds. The second-order valence-corrected chi connectivity index (χ2v) is 5.67. The van der Waals surface area contributed by atoms with Gasteiger partial charge in [0.25, 0.3) is 0 Å². The molecule has 0 aliphatic rings. The Morgan fingerprint density at radius 2 is 1.50 bits per heavy atom. The van der Waals surface area contributed by atoms with Crippen LogP contribution in [-0.4, -0.2) is 18.7 Å². The molecular weight excluding hydrogens is 276 g/mol. The Morgan fingerprint density at radius 1 is 0.909 bits per heavy atom. The van der Waals surface area contributed by atoms with Crippen molar-refractivity contribution in [2.75, 3.05) is 6.61 Å². The van der Waals surface area contributed by atoms with E-state index in [0.29, 0.717) is 18.3 Å². The zero-order chi connectivity index (χ0) is 15.9. The van der Waals surface area contributed by atoms with Crippen LogP contribution < -0.4 is 4.74 Å². The van der Waals surface area contributed by atoms with Crippen molar-refractivity contribution in [3.05, 3.63) is 54.6 Å². The molecule has 0 aliphatic carbocycles. The summed E-state index contributed by atoms with van der Waals surface area (Å²) in [5, 5.41) is 0. The van der Waals surface area contributed by atoms with Crippen molar-refractivity contribution in [2.45, 2.75) is 26.9 Å². The fraction of sp³-hybridized carbons (Fsp3) is 0.316. The lowest BCUT2D eigenvalue weighted by molar-refractivity contribution is -0.152. The summed E-state index contributed by atoms with van der Waals surface area (Å²) in [6, 6.07) is 17.8. The number of carbonyl (C=O) groups is 1. The molecule has 1 atom stereocenters. The molecule has 22 heavy (non-hydrogen) atoms. The summed E-state index contributed by atoms with van der Waals surface area (Å²) in [4.78, 5) is 11.8. The standard InChI is InChI=1S/C19H22O3/c1-14(2)13-21-19(20)15(3)22-18-11-9-17(10-12-18)16-7-5-4-6-8-16/h4-12,14-15H,13H2,1-3H3. The minimum absolute atomic E-state index is 0.321. The van der Waals surface area contributed by atoms with Gasteiger partial charge in [-0.25, -0.2) is 4.79 Å². The third kappa shape index (κ3) is 4.62. The Kier molecular flexibility index (Phi) is 5.59. The topological polar surface area (TPSA) is 35.5 Å². The summed E-state index contributed by atoms with van der Waals surface area (Å²) < 4.78 is 10.8. The van der Waals surface area contributed by atoms with E-state index >= 15 is 0 Å². The minimum Gasteiger partial charge on any atom is -0.479 e.